The van der Waals surface area contributed by atoms with Crippen molar-refractivity contribution in [3.05, 3.63) is 0 Å². The van der Waals surface area contributed by atoms with Gasteiger partial charge in [-0.1, -0.05) is 0 Å². The van der Waals surface area contributed by atoms with Gasteiger partial charge in [0, 0.05) is 26.2 Å². The summed E-state index contributed by atoms with van der Waals surface area (Å²) >= 11 is 0. The molecule has 1 fully saturated rings. The molecule has 1 aliphatic heterocycles. The zero-order valence-electron chi connectivity index (χ0n) is 11.9. The first-order chi connectivity index (χ1) is 9.34. The Morgan fingerprint density at radius 2 is 1.75 bits per heavy atom. The van der Waals surface area contributed by atoms with E-state index in [2.05, 4.69) is 16.0 Å². The van der Waals surface area contributed by atoms with Gasteiger partial charge in [-0.05, 0) is 13.8 Å². The summed E-state index contributed by atoms with van der Waals surface area (Å²) in [6.45, 7) is 6.14. The third kappa shape index (κ3) is 4.78. The van der Waals surface area contributed by atoms with Crippen LogP contribution in [0.3, 0.4) is 0 Å². The first-order valence-corrected chi connectivity index (χ1v) is 6.56. The number of carbonyl (C=O) groups excluding carboxylic acids is 2. The number of hydrogen-bond acceptors (Lipinski definition) is 5. The van der Waals surface area contributed by atoms with Gasteiger partial charge in [-0.2, -0.15) is 0 Å². The van der Waals surface area contributed by atoms with Crippen LogP contribution in [0.4, 0.5) is 0 Å². The molecule has 1 aliphatic rings. The van der Waals surface area contributed by atoms with E-state index in [1.54, 1.807) is 0 Å². The van der Waals surface area contributed by atoms with Crippen molar-refractivity contribution in [3.8, 4) is 0 Å². The Balaban J connectivity index is 2.40. The largest absolute Gasteiger partial charge is 0.480 e. The monoisotopic (exact) mass is 286 g/mol. The number of aliphatic carboxylic acids is 1. The Kier molecular flexibility index (Phi) is 5.90. The molecule has 0 radical (unpaired) electrons. The molecule has 20 heavy (non-hydrogen) atoms. The Bertz CT molecular complexity index is 378. The number of piperazine rings is 1. The van der Waals surface area contributed by atoms with E-state index < -0.39 is 24.0 Å². The number of hydrogen-bond donors (Lipinski definition) is 4. The lowest BCUT2D eigenvalue weighted by Crippen LogP contribution is -2.60. The highest BCUT2D eigenvalue weighted by Gasteiger charge is 2.35. The minimum atomic E-state index is -1.12. The summed E-state index contributed by atoms with van der Waals surface area (Å²) in [5, 5.41) is 16.4. The molecule has 1 rings (SSSR count). The first-order valence-electron chi connectivity index (χ1n) is 6.56. The van der Waals surface area contributed by atoms with Gasteiger partial charge < -0.3 is 21.1 Å². The van der Waals surface area contributed by atoms with Gasteiger partial charge in [-0.3, -0.25) is 19.3 Å². The molecular formula is C12H22N4O4. The number of rotatable bonds is 6. The predicted octanol–water partition coefficient (Wildman–Crippen LogP) is -2.01. The van der Waals surface area contributed by atoms with Crippen molar-refractivity contribution in [2.45, 2.75) is 19.4 Å². The second kappa shape index (κ2) is 7.20. The van der Waals surface area contributed by atoms with Crippen molar-refractivity contribution in [1.29, 1.82) is 0 Å². The Hall–Kier alpha value is -1.67. The van der Waals surface area contributed by atoms with E-state index in [0.29, 0.717) is 0 Å². The zero-order chi connectivity index (χ0) is 15.2. The lowest BCUT2D eigenvalue weighted by Gasteiger charge is -2.39. The fourth-order valence-corrected chi connectivity index (χ4v) is 1.98. The Labute approximate surface area is 117 Å². The minimum Gasteiger partial charge on any atom is -0.480 e. The van der Waals surface area contributed by atoms with Crippen LogP contribution in [0.5, 0.6) is 0 Å². The van der Waals surface area contributed by atoms with E-state index in [1.165, 1.54) is 0 Å². The van der Waals surface area contributed by atoms with Crippen LogP contribution in [-0.4, -0.2) is 72.6 Å². The van der Waals surface area contributed by atoms with Crippen LogP contribution in [0.2, 0.25) is 0 Å². The smallest absolute Gasteiger partial charge is 0.322 e. The summed E-state index contributed by atoms with van der Waals surface area (Å²) in [5.74, 6) is -1.88. The van der Waals surface area contributed by atoms with Gasteiger partial charge in [0.15, 0.2) is 0 Å². The fourth-order valence-electron chi connectivity index (χ4n) is 1.98. The standard InChI is InChI=1S/C12H22N4O4/c1-12(2,16-5-3-13-4-6-16)11(20)15-7-9(17)14-8-10(18)19/h13H,3-8H2,1-2H3,(H,14,17)(H,15,20)(H,18,19). The van der Waals surface area contributed by atoms with Crippen molar-refractivity contribution in [2.75, 3.05) is 39.3 Å². The van der Waals surface area contributed by atoms with E-state index >= 15 is 0 Å². The number of nitrogens with one attached hydrogen (secondary N) is 3. The average Bonchev–Trinajstić information content (AvgIpc) is 2.43. The lowest BCUT2D eigenvalue weighted by molar-refractivity contribution is -0.138. The molecule has 8 heteroatoms. The van der Waals surface area contributed by atoms with Crippen LogP contribution < -0.4 is 16.0 Å². The Morgan fingerprint density at radius 3 is 2.30 bits per heavy atom. The van der Waals surface area contributed by atoms with Crippen LogP contribution >= 0.6 is 0 Å². The van der Waals surface area contributed by atoms with Crippen LogP contribution in [0.15, 0.2) is 0 Å². The maximum Gasteiger partial charge on any atom is 0.322 e. The summed E-state index contributed by atoms with van der Waals surface area (Å²) in [6, 6.07) is 0. The highest BCUT2D eigenvalue weighted by Crippen LogP contribution is 2.14. The minimum absolute atomic E-state index is 0.221. The zero-order valence-corrected chi connectivity index (χ0v) is 11.9. The molecule has 0 aromatic heterocycles. The van der Waals surface area contributed by atoms with Gasteiger partial charge in [0.25, 0.3) is 0 Å². The fraction of sp³-hybridized carbons (Fsp3) is 0.750. The van der Waals surface area contributed by atoms with E-state index in [4.69, 9.17) is 5.11 Å². The normalized spacial score (nSPS) is 16.5. The molecule has 0 aliphatic carbocycles. The van der Waals surface area contributed by atoms with Crippen molar-refractivity contribution < 1.29 is 19.5 Å². The molecule has 0 atom stereocenters. The summed E-state index contributed by atoms with van der Waals surface area (Å²) in [7, 11) is 0. The average molecular weight is 286 g/mol. The molecule has 0 saturated carbocycles. The topological polar surface area (TPSA) is 111 Å². The van der Waals surface area contributed by atoms with Crippen molar-refractivity contribution >= 4 is 17.8 Å². The Morgan fingerprint density at radius 1 is 1.15 bits per heavy atom. The summed E-state index contributed by atoms with van der Waals surface area (Å²) in [5.41, 5.74) is -0.699. The van der Waals surface area contributed by atoms with Crippen LogP contribution in [0, 0.1) is 0 Å². The summed E-state index contributed by atoms with van der Waals surface area (Å²) in [4.78, 5) is 35.8. The molecule has 114 valence electrons. The van der Waals surface area contributed by atoms with Gasteiger partial charge >= 0.3 is 5.97 Å². The van der Waals surface area contributed by atoms with Crippen LogP contribution in [0.25, 0.3) is 0 Å². The highest BCUT2D eigenvalue weighted by atomic mass is 16.4. The molecule has 1 saturated heterocycles. The van der Waals surface area contributed by atoms with Crippen LogP contribution in [0.1, 0.15) is 13.8 Å². The van der Waals surface area contributed by atoms with E-state index in [0.717, 1.165) is 26.2 Å². The van der Waals surface area contributed by atoms with Crippen molar-refractivity contribution in [1.82, 2.24) is 20.9 Å². The van der Waals surface area contributed by atoms with Gasteiger partial charge in [-0.15, -0.1) is 0 Å². The van der Waals surface area contributed by atoms with Crippen LogP contribution in [-0.2, 0) is 14.4 Å². The SMILES string of the molecule is CC(C)(C(=O)NCC(=O)NCC(=O)O)N1CCNCC1. The van der Waals surface area contributed by atoms with E-state index in [-0.39, 0.29) is 12.5 Å². The molecule has 8 nitrogen and oxygen atoms in total. The number of carboxylic acid groups (broad SMARTS) is 1. The van der Waals surface area contributed by atoms with E-state index in [1.807, 2.05) is 18.7 Å². The number of amides is 2. The molecule has 1 heterocycles. The predicted molar refractivity (Wildman–Crippen MR) is 72.2 cm³/mol. The second-order valence-corrected chi connectivity index (χ2v) is 5.15. The number of carbonyl (C=O) groups is 3. The summed E-state index contributed by atoms with van der Waals surface area (Å²) < 4.78 is 0. The van der Waals surface area contributed by atoms with Gasteiger partial charge in [0.05, 0.1) is 12.1 Å². The quantitative estimate of drug-likeness (QED) is 0.449. The second-order valence-electron chi connectivity index (χ2n) is 5.15. The number of nitrogens with zero attached hydrogens (tertiary/aromatic N) is 1. The first kappa shape index (κ1) is 16.4. The maximum atomic E-state index is 12.1. The molecule has 0 unspecified atom stereocenters. The van der Waals surface area contributed by atoms with E-state index in [9.17, 15) is 14.4 Å². The molecular weight excluding hydrogens is 264 g/mol. The van der Waals surface area contributed by atoms with Crippen molar-refractivity contribution in [2.24, 2.45) is 0 Å². The van der Waals surface area contributed by atoms with Gasteiger partial charge in [-0.25, -0.2) is 0 Å². The molecule has 0 spiro atoms. The third-order valence-electron chi connectivity index (χ3n) is 3.31. The number of carboxylic acids is 1. The third-order valence-corrected chi connectivity index (χ3v) is 3.31. The highest BCUT2D eigenvalue weighted by molar-refractivity contribution is 5.90. The molecule has 0 aromatic rings. The summed E-state index contributed by atoms with van der Waals surface area (Å²) in [6.07, 6.45) is 0. The molecule has 4 N–H and O–H groups in total. The molecule has 2 amide bonds. The lowest BCUT2D eigenvalue weighted by atomic mass is 10.0. The maximum absolute atomic E-state index is 12.1. The van der Waals surface area contributed by atoms with Gasteiger partial charge in [0.2, 0.25) is 11.8 Å². The molecule has 0 bridgehead atoms. The van der Waals surface area contributed by atoms with Gasteiger partial charge in [0.1, 0.15) is 6.54 Å². The van der Waals surface area contributed by atoms with Crippen molar-refractivity contribution in [3.63, 3.8) is 0 Å². The molecule has 0 aromatic carbocycles.